The van der Waals surface area contributed by atoms with Crippen LogP contribution in [0.5, 0.6) is 0 Å². The van der Waals surface area contributed by atoms with Gasteiger partial charge in [-0.15, -0.1) is 0 Å². The summed E-state index contributed by atoms with van der Waals surface area (Å²) in [6, 6.07) is 17.5. The van der Waals surface area contributed by atoms with Crippen LogP contribution in [0.2, 0.25) is 0 Å². The average molecular weight is 375 g/mol. The van der Waals surface area contributed by atoms with Crippen LogP contribution in [0, 0.1) is 0 Å². The molecule has 0 N–H and O–H groups in total. The first-order valence-corrected chi connectivity index (χ1v) is 8.64. The molecule has 0 heterocycles. The lowest BCUT2D eigenvalue weighted by molar-refractivity contribution is -0.0478. The fourth-order valence-corrected chi connectivity index (χ4v) is 2.92. The van der Waals surface area contributed by atoms with Crippen LogP contribution in [0.25, 0.3) is 0 Å². The van der Waals surface area contributed by atoms with Crippen LogP contribution in [0.1, 0.15) is 50.0 Å². The molecule has 1 atom stereocenters. The Hall–Kier alpha value is -1.61. The SMILES string of the molecule is CC[C@@](C)(OC(=O)c1ccc(Br)cc1)C(C)(C)c1ccccc1. The molecule has 23 heavy (non-hydrogen) atoms. The molecule has 0 aliphatic carbocycles. The summed E-state index contributed by atoms with van der Waals surface area (Å²) in [6.07, 6.45) is 0.733. The molecule has 0 saturated heterocycles. The van der Waals surface area contributed by atoms with E-state index in [4.69, 9.17) is 4.74 Å². The molecule has 2 nitrogen and oxygen atoms in total. The number of carbonyl (C=O) groups is 1. The smallest absolute Gasteiger partial charge is 0.338 e. The van der Waals surface area contributed by atoms with Crippen molar-refractivity contribution in [3.05, 3.63) is 70.2 Å². The van der Waals surface area contributed by atoms with Gasteiger partial charge in [-0.2, -0.15) is 0 Å². The van der Waals surface area contributed by atoms with E-state index in [0.29, 0.717) is 5.56 Å². The number of hydrogen-bond donors (Lipinski definition) is 0. The molecule has 0 unspecified atom stereocenters. The Morgan fingerprint density at radius 3 is 2.09 bits per heavy atom. The molecule has 2 aromatic carbocycles. The number of halogens is 1. The molecule has 0 amide bonds. The standard InChI is InChI=1S/C20H23BrO2/c1-5-20(4,19(2,3)16-9-7-6-8-10-16)23-18(22)15-11-13-17(21)14-12-15/h6-14H,5H2,1-4H3/t20-/m1/s1. The summed E-state index contributed by atoms with van der Waals surface area (Å²) in [4.78, 5) is 12.6. The highest BCUT2D eigenvalue weighted by Crippen LogP contribution is 2.40. The Morgan fingerprint density at radius 1 is 1.00 bits per heavy atom. The molecule has 0 spiro atoms. The molecule has 0 aliphatic heterocycles. The predicted molar refractivity (Wildman–Crippen MR) is 97.7 cm³/mol. The minimum Gasteiger partial charge on any atom is -0.455 e. The van der Waals surface area contributed by atoms with Gasteiger partial charge in [0.05, 0.1) is 5.56 Å². The second-order valence-electron chi connectivity index (χ2n) is 6.47. The quantitative estimate of drug-likeness (QED) is 0.622. The van der Waals surface area contributed by atoms with Crippen LogP contribution < -0.4 is 0 Å². The molecule has 2 aromatic rings. The fourth-order valence-electron chi connectivity index (χ4n) is 2.65. The van der Waals surface area contributed by atoms with E-state index in [9.17, 15) is 4.79 Å². The first-order valence-electron chi connectivity index (χ1n) is 7.84. The van der Waals surface area contributed by atoms with E-state index in [1.807, 2.05) is 37.3 Å². The summed E-state index contributed by atoms with van der Waals surface area (Å²) >= 11 is 3.38. The molecule has 0 radical (unpaired) electrons. The van der Waals surface area contributed by atoms with E-state index in [2.05, 4.69) is 48.8 Å². The number of rotatable bonds is 5. The first kappa shape index (κ1) is 17.7. The Bertz CT molecular complexity index is 662. The number of ether oxygens (including phenoxy) is 1. The van der Waals surface area contributed by atoms with Gasteiger partial charge >= 0.3 is 5.97 Å². The third-order valence-corrected chi connectivity index (χ3v) is 5.42. The zero-order valence-electron chi connectivity index (χ0n) is 14.1. The molecule has 0 aromatic heterocycles. The summed E-state index contributed by atoms with van der Waals surface area (Å²) in [7, 11) is 0. The van der Waals surface area contributed by atoms with Crippen molar-refractivity contribution in [2.75, 3.05) is 0 Å². The highest BCUT2D eigenvalue weighted by molar-refractivity contribution is 9.10. The Labute approximate surface area is 147 Å². The summed E-state index contributed by atoms with van der Waals surface area (Å²) in [6.45, 7) is 8.32. The molecular formula is C20H23BrO2. The molecule has 2 rings (SSSR count). The van der Waals surface area contributed by atoms with Crippen molar-refractivity contribution in [2.45, 2.75) is 45.1 Å². The molecule has 0 fully saturated rings. The van der Waals surface area contributed by atoms with Crippen LogP contribution in [0.3, 0.4) is 0 Å². The van der Waals surface area contributed by atoms with Crippen molar-refractivity contribution in [3.8, 4) is 0 Å². The van der Waals surface area contributed by atoms with Gasteiger partial charge in [-0.05, 0) is 43.2 Å². The average Bonchev–Trinajstić information content (AvgIpc) is 2.55. The van der Waals surface area contributed by atoms with Crippen molar-refractivity contribution < 1.29 is 9.53 Å². The van der Waals surface area contributed by atoms with E-state index in [-0.39, 0.29) is 11.4 Å². The van der Waals surface area contributed by atoms with Crippen molar-refractivity contribution >= 4 is 21.9 Å². The summed E-state index contributed by atoms with van der Waals surface area (Å²) in [5, 5.41) is 0. The van der Waals surface area contributed by atoms with E-state index < -0.39 is 5.60 Å². The topological polar surface area (TPSA) is 26.3 Å². The van der Waals surface area contributed by atoms with Crippen LogP contribution in [0.4, 0.5) is 0 Å². The fraction of sp³-hybridized carbons (Fsp3) is 0.350. The third-order valence-electron chi connectivity index (χ3n) is 4.89. The normalized spacial score (nSPS) is 14.1. The Balaban J connectivity index is 2.29. The van der Waals surface area contributed by atoms with Crippen LogP contribution in [0.15, 0.2) is 59.1 Å². The molecule has 0 bridgehead atoms. The number of benzene rings is 2. The van der Waals surface area contributed by atoms with E-state index in [1.165, 1.54) is 0 Å². The van der Waals surface area contributed by atoms with Gasteiger partial charge in [0.1, 0.15) is 5.60 Å². The summed E-state index contributed by atoms with van der Waals surface area (Å²) in [5.41, 5.74) is 0.830. The van der Waals surface area contributed by atoms with Gasteiger partial charge in [0, 0.05) is 9.89 Å². The molecule has 122 valence electrons. The lowest BCUT2D eigenvalue weighted by Crippen LogP contribution is -2.48. The minimum absolute atomic E-state index is 0.286. The Morgan fingerprint density at radius 2 is 1.57 bits per heavy atom. The van der Waals surface area contributed by atoms with Gasteiger partial charge in [0.15, 0.2) is 0 Å². The zero-order chi connectivity index (χ0) is 17.1. The van der Waals surface area contributed by atoms with Crippen molar-refractivity contribution in [3.63, 3.8) is 0 Å². The van der Waals surface area contributed by atoms with Crippen LogP contribution in [-0.4, -0.2) is 11.6 Å². The monoisotopic (exact) mass is 374 g/mol. The lowest BCUT2D eigenvalue weighted by Gasteiger charge is -2.43. The third kappa shape index (κ3) is 3.66. The van der Waals surface area contributed by atoms with Crippen LogP contribution in [-0.2, 0) is 10.2 Å². The van der Waals surface area contributed by atoms with Gasteiger partial charge in [-0.1, -0.05) is 67.0 Å². The van der Waals surface area contributed by atoms with Gasteiger partial charge in [0.25, 0.3) is 0 Å². The van der Waals surface area contributed by atoms with E-state index in [0.717, 1.165) is 16.5 Å². The maximum absolute atomic E-state index is 12.6. The van der Waals surface area contributed by atoms with E-state index in [1.54, 1.807) is 12.1 Å². The molecular weight excluding hydrogens is 352 g/mol. The highest BCUT2D eigenvalue weighted by atomic mass is 79.9. The van der Waals surface area contributed by atoms with Crippen LogP contribution >= 0.6 is 15.9 Å². The maximum atomic E-state index is 12.6. The highest BCUT2D eigenvalue weighted by Gasteiger charge is 2.44. The number of carbonyl (C=O) groups excluding carboxylic acids is 1. The molecule has 0 saturated carbocycles. The number of esters is 1. The van der Waals surface area contributed by atoms with Crippen molar-refractivity contribution in [2.24, 2.45) is 0 Å². The zero-order valence-corrected chi connectivity index (χ0v) is 15.7. The second kappa shape index (κ2) is 6.88. The summed E-state index contributed by atoms with van der Waals surface area (Å²) < 4.78 is 6.92. The van der Waals surface area contributed by atoms with E-state index >= 15 is 0 Å². The predicted octanol–water partition coefficient (Wildman–Crippen LogP) is 5.75. The maximum Gasteiger partial charge on any atom is 0.338 e. The van der Waals surface area contributed by atoms with Gasteiger partial charge in [-0.3, -0.25) is 0 Å². The second-order valence-corrected chi connectivity index (χ2v) is 7.39. The Kier molecular flexibility index (Phi) is 5.30. The van der Waals surface area contributed by atoms with Gasteiger partial charge in [0.2, 0.25) is 0 Å². The van der Waals surface area contributed by atoms with Gasteiger partial charge < -0.3 is 4.74 Å². The molecule has 3 heteroatoms. The minimum atomic E-state index is -0.599. The molecule has 0 aliphatic rings. The first-order chi connectivity index (χ1) is 10.8. The van der Waals surface area contributed by atoms with Crippen molar-refractivity contribution in [1.29, 1.82) is 0 Å². The largest absolute Gasteiger partial charge is 0.455 e. The summed E-state index contributed by atoms with van der Waals surface area (Å²) in [5.74, 6) is -0.286. The lowest BCUT2D eigenvalue weighted by atomic mass is 9.69. The number of hydrogen-bond acceptors (Lipinski definition) is 2. The van der Waals surface area contributed by atoms with Gasteiger partial charge in [-0.25, -0.2) is 4.79 Å². The van der Waals surface area contributed by atoms with Crippen molar-refractivity contribution in [1.82, 2.24) is 0 Å².